The molecule has 0 bridgehead atoms. The van der Waals surface area contributed by atoms with Gasteiger partial charge in [0, 0.05) is 67.6 Å². The Balaban J connectivity index is 0.00000862. The summed E-state index contributed by atoms with van der Waals surface area (Å²) in [6.07, 6.45) is -1.77. The summed E-state index contributed by atoms with van der Waals surface area (Å²) in [7, 11) is 2.45. The molecule has 7 atom stereocenters. The quantitative estimate of drug-likeness (QED) is 0.0643. The highest BCUT2D eigenvalue weighted by Gasteiger charge is 2.44. The van der Waals surface area contributed by atoms with Crippen LogP contribution in [0.3, 0.4) is 0 Å². The Morgan fingerprint density at radius 1 is 1.00 bits per heavy atom. The summed E-state index contributed by atoms with van der Waals surface area (Å²) in [5.74, 6) is -1.83. The number of rotatable bonds is 20. The first-order chi connectivity index (χ1) is 20.5. The van der Waals surface area contributed by atoms with E-state index >= 15 is 0 Å². The molecule has 0 aromatic heterocycles. The molecule has 1 heterocycles. The zero-order valence-corrected chi connectivity index (χ0v) is 28.2. The monoisotopic (exact) mass is 659 g/mol. The predicted octanol–water partition coefficient (Wildman–Crippen LogP) is 2.82. The molecule has 1 aliphatic rings. The van der Waals surface area contributed by atoms with Gasteiger partial charge in [-0.2, -0.15) is 0 Å². The lowest BCUT2D eigenvalue weighted by molar-refractivity contribution is -0.266. The summed E-state index contributed by atoms with van der Waals surface area (Å²) >= 11 is 5.47. The zero-order valence-electron chi connectivity index (χ0n) is 26.5. The van der Waals surface area contributed by atoms with Crippen LogP contribution in [0.4, 0.5) is 0 Å². The van der Waals surface area contributed by atoms with Crippen molar-refractivity contribution in [2.24, 2.45) is 5.92 Å². The maximum absolute atomic E-state index is 11.7. The molecule has 1 aliphatic heterocycles. The van der Waals surface area contributed by atoms with E-state index in [4.69, 9.17) is 54.4 Å². The zero-order chi connectivity index (χ0) is 32.8. The fourth-order valence-electron chi connectivity index (χ4n) is 4.03. The third-order valence-electron chi connectivity index (χ3n) is 5.84. The van der Waals surface area contributed by atoms with E-state index < -0.39 is 57.2 Å². The SMILES string of the molecule is CC.COCC(CNC(=S)CCCCOC1CC(OC(C)=O)C(OC(C)=O)C(COC(C)=O)O1)C(COC)OP(O)OC. The average Bonchev–Trinajstić information content (AvgIpc) is 2.95. The fraction of sp³-hybridized carbons (Fsp3) is 0.852. The lowest BCUT2D eigenvalue weighted by Gasteiger charge is -2.39. The van der Waals surface area contributed by atoms with Crippen molar-refractivity contribution in [2.75, 3.05) is 54.3 Å². The standard InChI is InChI=1S/C25H44NO13PS.C2H6/c1-16(27)35-15-22-25(37-18(3)29)20(36-17(2)28)11-24(38-22)34-10-8-7-9-23(41)26-12-19(13-31-4)21(14-32-5)39-40(30)33-6;1-2/h19-22,24-25,30H,7-15H2,1-6H3,(H,26,41);1-2H3. The Kier molecular flexibility index (Phi) is 23.8. The number of hydrogen-bond donors (Lipinski definition) is 2. The molecule has 0 radical (unpaired) electrons. The molecule has 14 nitrogen and oxygen atoms in total. The van der Waals surface area contributed by atoms with E-state index in [9.17, 15) is 19.3 Å². The van der Waals surface area contributed by atoms with Crippen molar-refractivity contribution < 1.29 is 61.5 Å². The molecule has 1 rings (SSSR count). The predicted molar refractivity (Wildman–Crippen MR) is 161 cm³/mol. The van der Waals surface area contributed by atoms with Crippen LogP contribution in [0.25, 0.3) is 0 Å². The van der Waals surface area contributed by atoms with Crippen LogP contribution in [-0.4, -0.2) is 113 Å². The van der Waals surface area contributed by atoms with Crippen LogP contribution in [0, 0.1) is 5.92 Å². The van der Waals surface area contributed by atoms with Crippen molar-refractivity contribution in [1.29, 1.82) is 0 Å². The lowest BCUT2D eigenvalue weighted by Crippen LogP contribution is -2.54. The minimum absolute atomic E-state index is 0.138. The van der Waals surface area contributed by atoms with Crippen LogP contribution < -0.4 is 5.32 Å². The van der Waals surface area contributed by atoms with Gasteiger partial charge in [-0.15, -0.1) is 0 Å². The summed E-state index contributed by atoms with van der Waals surface area (Å²) in [5, 5.41) is 3.22. The molecule has 0 saturated carbocycles. The highest BCUT2D eigenvalue weighted by molar-refractivity contribution is 7.80. The fourth-order valence-corrected chi connectivity index (χ4v) is 4.81. The van der Waals surface area contributed by atoms with Gasteiger partial charge < -0.3 is 52.4 Å². The molecule has 43 heavy (non-hydrogen) atoms. The molecule has 252 valence electrons. The van der Waals surface area contributed by atoms with Crippen LogP contribution in [0.1, 0.15) is 60.3 Å². The molecular formula is C27H50NO13PS. The summed E-state index contributed by atoms with van der Waals surface area (Å²) in [4.78, 5) is 45.1. The van der Waals surface area contributed by atoms with Crippen molar-refractivity contribution in [3.63, 3.8) is 0 Å². The van der Waals surface area contributed by atoms with Gasteiger partial charge in [0.05, 0.1) is 24.3 Å². The van der Waals surface area contributed by atoms with E-state index in [2.05, 4.69) is 5.32 Å². The number of hydrogen-bond acceptors (Lipinski definition) is 14. The molecule has 0 aromatic rings. The molecular weight excluding hydrogens is 609 g/mol. The summed E-state index contributed by atoms with van der Waals surface area (Å²) in [6.45, 7) is 8.90. The summed E-state index contributed by atoms with van der Waals surface area (Å²) in [5.41, 5.74) is 0. The maximum atomic E-state index is 11.7. The first-order valence-electron chi connectivity index (χ1n) is 14.2. The minimum atomic E-state index is -2.03. The number of unbranched alkanes of at least 4 members (excludes halogenated alkanes) is 1. The number of nitrogens with one attached hydrogen (secondary N) is 1. The number of carbonyl (C=O) groups is 3. The molecule has 0 spiro atoms. The van der Waals surface area contributed by atoms with E-state index in [1.54, 1.807) is 14.2 Å². The van der Waals surface area contributed by atoms with Gasteiger partial charge in [0.2, 0.25) is 0 Å². The topological polar surface area (TPSA) is 167 Å². The van der Waals surface area contributed by atoms with Crippen molar-refractivity contribution >= 4 is 43.7 Å². The van der Waals surface area contributed by atoms with Crippen LogP contribution in [0.5, 0.6) is 0 Å². The van der Waals surface area contributed by atoms with Gasteiger partial charge in [-0.25, -0.2) is 0 Å². The molecule has 7 unspecified atom stereocenters. The van der Waals surface area contributed by atoms with Crippen molar-refractivity contribution in [1.82, 2.24) is 5.32 Å². The molecule has 16 heteroatoms. The third kappa shape index (κ3) is 18.8. The second kappa shape index (κ2) is 24.7. The van der Waals surface area contributed by atoms with Gasteiger partial charge in [-0.3, -0.25) is 14.4 Å². The van der Waals surface area contributed by atoms with Gasteiger partial charge >= 0.3 is 26.5 Å². The first-order valence-corrected chi connectivity index (χ1v) is 15.7. The van der Waals surface area contributed by atoms with Crippen LogP contribution in [0.15, 0.2) is 0 Å². The number of carbonyl (C=O) groups excluding carboxylic acids is 3. The number of ether oxygens (including phenoxy) is 7. The van der Waals surface area contributed by atoms with Gasteiger partial charge in [-0.05, 0) is 19.3 Å². The number of thiocarbonyl (C=S) groups is 1. The van der Waals surface area contributed by atoms with Crippen LogP contribution in [0.2, 0.25) is 0 Å². The first kappa shape index (κ1) is 41.4. The van der Waals surface area contributed by atoms with Gasteiger partial charge in [0.15, 0.2) is 12.4 Å². The number of esters is 3. The van der Waals surface area contributed by atoms with Gasteiger partial charge in [-0.1, -0.05) is 26.1 Å². The Hall–Kier alpha value is -1.55. The van der Waals surface area contributed by atoms with Crippen LogP contribution in [-0.2, 0) is 56.6 Å². The van der Waals surface area contributed by atoms with E-state index in [-0.39, 0.29) is 25.6 Å². The Morgan fingerprint density at radius 3 is 2.21 bits per heavy atom. The lowest BCUT2D eigenvalue weighted by atomic mass is 10.0. The largest absolute Gasteiger partial charge is 0.463 e. The number of methoxy groups -OCH3 is 2. The minimum Gasteiger partial charge on any atom is -0.463 e. The second-order valence-electron chi connectivity index (χ2n) is 9.23. The van der Waals surface area contributed by atoms with Crippen molar-refractivity contribution in [3.8, 4) is 0 Å². The molecule has 0 amide bonds. The Labute approximate surface area is 261 Å². The third-order valence-corrected chi connectivity index (χ3v) is 6.95. The summed E-state index contributed by atoms with van der Waals surface area (Å²) in [6, 6.07) is 0. The van der Waals surface area contributed by atoms with E-state index in [1.165, 1.54) is 27.9 Å². The van der Waals surface area contributed by atoms with E-state index in [0.29, 0.717) is 37.6 Å². The molecule has 0 aliphatic carbocycles. The van der Waals surface area contributed by atoms with Gasteiger partial charge in [0.1, 0.15) is 18.8 Å². The summed E-state index contributed by atoms with van der Waals surface area (Å²) < 4.78 is 48.4. The normalized spacial score (nSPS) is 21.8. The second-order valence-corrected chi connectivity index (χ2v) is 10.8. The molecule has 0 aromatic carbocycles. The molecule has 1 saturated heterocycles. The molecule has 2 N–H and O–H groups in total. The smallest absolute Gasteiger partial charge is 0.329 e. The molecule has 1 fully saturated rings. The van der Waals surface area contributed by atoms with Crippen molar-refractivity contribution in [3.05, 3.63) is 0 Å². The Morgan fingerprint density at radius 2 is 1.65 bits per heavy atom. The maximum Gasteiger partial charge on any atom is 0.329 e. The van der Waals surface area contributed by atoms with Crippen molar-refractivity contribution in [2.45, 2.75) is 91.0 Å². The van der Waals surface area contributed by atoms with E-state index in [0.717, 1.165) is 6.42 Å². The highest BCUT2D eigenvalue weighted by Crippen LogP contribution is 2.35. The highest BCUT2D eigenvalue weighted by atomic mass is 32.1. The van der Waals surface area contributed by atoms with E-state index in [1.807, 2.05) is 13.8 Å². The van der Waals surface area contributed by atoms with Gasteiger partial charge in [0.25, 0.3) is 0 Å². The average molecular weight is 660 g/mol. The van der Waals surface area contributed by atoms with Crippen LogP contribution >= 0.6 is 20.8 Å². The Bertz CT molecular complexity index is 809.